The van der Waals surface area contributed by atoms with Gasteiger partial charge in [0.25, 0.3) is 0 Å². The Bertz CT molecular complexity index is 395. The van der Waals surface area contributed by atoms with Crippen molar-refractivity contribution < 1.29 is 14.6 Å². The average molecular weight is 205 g/mol. The number of rotatable bonds is 4. The lowest BCUT2D eigenvalue weighted by Gasteiger charge is -2.08. The molecule has 1 atom stereocenters. The molecule has 0 saturated heterocycles. The fourth-order valence-corrected chi connectivity index (χ4v) is 1.04. The van der Waals surface area contributed by atoms with Crippen LogP contribution in [0.4, 0.5) is 0 Å². The zero-order chi connectivity index (χ0) is 11.3. The summed E-state index contributed by atoms with van der Waals surface area (Å²) < 4.78 is 5.08. The summed E-state index contributed by atoms with van der Waals surface area (Å²) in [6, 6.07) is 8.97. The Hall–Kier alpha value is -1.86. The zero-order valence-corrected chi connectivity index (χ0v) is 8.30. The standard InChI is InChI=1S/C11H11NO3/c1-8(11(13)14)15-7-10-5-3-2-4-9(10)6-12/h2-5,8H,7H2,1H3,(H,13,14)/t8-/m0/s1. The molecule has 0 fully saturated rings. The van der Waals surface area contributed by atoms with Crippen molar-refractivity contribution in [3.8, 4) is 6.07 Å². The first kappa shape index (κ1) is 11.2. The van der Waals surface area contributed by atoms with Crippen LogP contribution < -0.4 is 0 Å². The Morgan fingerprint density at radius 3 is 2.87 bits per heavy atom. The fraction of sp³-hybridized carbons (Fsp3) is 0.273. The van der Waals surface area contributed by atoms with Gasteiger partial charge in [-0.15, -0.1) is 0 Å². The van der Waals surface area contributed by atoms with E-state index in [-0.39, 0.29) is 6.61 Å². The van der Waals surface area contributed by atoms with E-state index >= 15 is 0 Å². The van der Waals surface area contributed by atoms with Gasteiger partial charge in [0.15, 0.2) is 6.10 Å². The van der Waals surface area contributed by atoms with E-state index in [0.29, 0.717) is 11.1 Å². The van der Waals surface area contributed by atoms with E-state index in [1.807, 2.05) is 6.07 Å². The van der Waals surface area contributed by atoms with Crippen molar-refractivity contribution in [2.45, 2.75) is 19.6 Å². The monoisotopic (exact) mass is 205 g/mol. The Labute approximate surface area is 87.7 Å². The van der Waals surface area contributed by atoms with Gasteiger partial charge in [-0.3, -0.25) is 0 Å². The molecule has 1 N–H and O–H groups in total. The number of nitriles is 1. The number of hydrogen-bond acceptors (Lipinski definition) is 3. The molecule has 4 heteroatoms. The van der Waals surface area contributed by atoms with E-state index in [4.69, 9.17) is 15.1 Å². The maximum Gasteiger partial charge on any atom is 0.332 e. The predicted molar refractivity (Wildman–Crippen MR) is 53.0 cm³/mol. The SMILES string of the molecule is C[C@H](OCc1ccccc1C#N)C(=O)O. The van der Waals surface area contributed by atoms with Crippen molar-refractivity contribution in [1.29, 1.82) is 5.26 Å². The molecule has 0 saturated carbocycles. The first-order valence-corrected chi connectivity index (χ1v) is 4.47. The highest BCUT2D eigenvalue weighted by Crippen LogP contribution is 2.09. The normalized spacial score (nSPS) is 11.7. The summed E-state index contributed by atoms with van der Waals surface area (Å²) in [6.07, 6.45) is -0.864. The molecule has 4 nitrogen and oxygen atoms in total. The van der Waals surface area contributed by atoms with Crippen molar-refractivity contribution >= 4 is 5.97 Å². The van der Waals surface area contributed by atoms with Gasteiger partial charge in [-0.25, -0.2) is 4.79 Å². The molecule has 0 spiro atoms. The van der Waals surface area contributed by atoms with Crippen LogP contribution in [-0.2, 0) is 16.1 Å². The highest BCUT2D eigenvalue weighted by Gasteiger charge is 2.11. The van der Waals surface area contributed by atoms with E-state index < -0.39 is 12.1 Å². The molecule has 0 aliphatic rings. The highest BCUT2D eigenvalue weighted by molar-refractivity contribution is 5.71. The van der Waals surface area contributed by atoms with E-state index in [2.05, 4.69) is 0 Å². The van der Waals surface area contributed by atoms with E-state index in [1.54, 1.807) is 24.3 Å². The van der Waals surface area contributed by atoms with Gasteiger partial charge in [-0.1, -0.05) is 18.2 Å². The second kappa shape index (κ2) is 5.13. The first-order chi connectivity index (χ1) is 7.15. The summed E-state index contributed by atoms with van der Waals surface area (Å²) in [5.41, 5.74) is 1.21. The minimum Gasteiger partial charge on any atom is -0.479 e. The van der Waals surface area contributed by atoms with E-state index in [1.165, 1.54) is 6.92 Å². The predicted octanol–water partition coefficient (Wildman–Crippen LogP) is 1.55. The van der Waals surface area contributed by atoms with Gasteiger partial charge < -0.3 is 9.84 Å². The van der Waals surface area contributed by atoms with Crippen molar-refractivity contribution in [1.82, 2.24) is 0 Å². The van der Waals surface area contributed by atoms with Gasteiger partial charge in [0.1, 0.15) is 0 Å². The number of ether oxygens (including phenoxy) is 1. The molecule has 0 unspecified atom stereocenters. The lowest BCUT2D eigenvalue weighted by Crippen LogP contribution is -2.19. The second-order valence-electron chi connectivity index (χ2n) is 3.06. The third-order valence-electron chi connectivity index (χ3n) is 1.97. The Kier molecular flexibility index (Phi) is 3.83. The summed E-state index contributed by atoms with van der Waals surface area (Å²) in [5, 5.41) is 17.4. The van der Waals surface area contributed by atoms with Crippen LogP contribution >= 0.6 is 0 Å². The maximum absolute atomic E-state index is 10.5. The summed E-state index contributed by atoms with van der Waals surface area (Å²) >= 11 is 0. The molecule has 1 aromatic carbocycles. The summed E-state index contributed by atoms with van der Waals surface area (Å²) in [7, 11) is 0. The smallest absolute Gasteiger partial charge is 0.332 e. The number of benzene rings is 1. The molecular formula is C11H11NO3. The topological polar surface area (TPSA) is 70.3 Å². The summed E-state index contributed by atoms with van der Waals surface area (Å²) in [5.74, 6) is -1.01. The number of aliphatic carboxylic acids is 1. The molecule has 15 heavy (non-hydrogen) atoms. The Balaban J connectivity index is 2.66. The number of carbonyl (C=O) groups is 1. The van der Waals surface area contributed by atoms with Crippen molar-refractivity contribution in [3.63, 3.8) is 0 Å². The molecule has 0 amide bonds. The number of carboxylic acid groups (broad SMARTS) is 1. The largest absolute Gasteiger partial charge is 0.479 e. The summed E-state index contributed by atoms with van der Waals surface area (Å²) in [6.45, 7) is 1.59. The molecular weight excluding hydrogens is 194 g/mol. The minimum atomic E-state index is -1.01. The number of carboxylic acids is 1. The minimum absolute atomic E-state index is 0.136. The zero-order valence-electron chi connectivity index (χ0n) is 8.30. The van der Waals surface area contributed by atoms with E-state index in [9.17, 15) is 4.79 Å². The Morgan fingerprint density at radius 2 is 2.27 bits per heavy atom. The third kappa shape index (κ3) is 3.08. The number of hydrogen-bond donors (Lipinski definition) is 1. The molecule has 0 aliphatic carbocycles. The molecule has 0 aliphatic heterocycles. The van der Waals surface area contributed by atoms with Gasteiger partial charge in [0.2, 0.25) is 0 Å². The van der Waals surface area contributed by atoms with Gasteiger partial charge in [-0.2, -0.15) is 5.26 Å². The molecule has 0 radical (unpaired) electrons. The first-order valence-electron chi connectivity index (χ1n) is 4.47. The summed E-state index contributed by atoms with van der Waals surface area (Å²) in [4.78, 5) is 10.5. The molecule has 0 aromatic heterocycles. The quantitative estimate of drug-likeness (QED) is 0.809. The lowest BCUT2D eigenvalue weighted by atomic mass is 10.1. The van der Waals surface area contributed by atoms with Crippen molar-refractivity contribution in [3.05, 3.63) is 35.4 Å². The maximum atomic E-state index is 10.5. The van der Waals surface area contributed by atoms with E-state index in [0.717, 1.165) is 0 Å². The van der Waals surface area contributed by atoms with Gasteiger partial charge in [-0.05, 0) is 18.6 Å². The highest BCUT2D eigenvalue weighted by atomic mass is 16.5. The molecule has 0 bridgehead atoms. The van der Waals surface area contributed by atoms with Crippen molar-refractivity contribution in [2.24, 2.45) is 0 Å². The van der Waals surface area contributed by atoms with Crippen molar-refractivity contribution in [2.75, 3.05) is 0 Å². The Morgan fingerprint density at radius 1 is 1.60 bits per heavy atom. The van der Waals surface area contributed by atoms with Crippen LogP contribution in [0.1, 0.15) is 18.1 Å². The lowest BCUT2D eigenvalue weighted by molar-refractivity contribution is -0.149. The molecule has 1 aromatic rings. The fourth-order valence-electron chi connectivity index (χ4n) is 1.04. The van der Waals surface area contributed by atoms with Gasteiger partial charge in [0, 0.05) is 0 Å². The van der Waals surface area contributed by atoms with Crippen LogP contribution in [0.3, 0.4) is 0 Å². The third-order valence-corrected chi connectivity index (χ3v) is 1.97. The molecule has 78 valence electrons. The molecule has 0 heterocycles. The molecule has 1 rings (SSSR count). The van der Waals surface area contributed by atoms with Crippen LogP contribution in [0.15, 0.2) is 24.3 Å². The van der Waals surface area contributed by atoms with Crippen LogP contribution in [-0.4, -0.2) is 17.2 Å². The van der Waals surface area contributed by atoms with Crippen LogP contribution in [0, 0.1) is 11.3 Å². The van der Waals surface area contributed by atoms with Crippen LogP contribution in [0.5, 0.6) is 0 Å². The second-order valence-corrected chi connectivity index (χ2v) is 3.06. The number of nitrogens with zero attached hydrogens (tertiary/aromatic N) is 1. The van der Waals surface area contributed by atoms with Crippen LogP contribution in [0.2, 0.25) is 0 Å². The van der Waals surface area contributed by atoms with Gasteiger partial charge in [0.05, 0.1) is 18.2 Å². The van der Waals surface area contributed by atoms with Crippen LogP contribution in [0.25, 0.3) is 0 Å². The van der Waals surface area contributed by atoms with Gasteiger partial charge >= 0.3 is 5.97 Å². The average Bonchev–Trinajstić information content (AvgIpc) is 2.26.